The van der Waals surface area contributed by atoms with Gasteiger partial charge in [0.2, 0.25) is 5.95 Å². The Morgan fingerprint density at radius 2 is 2.21 bits per heavy atom. The number of nitrogens with one attached hydrogen (secondary N) is 1. The lowest BCUT2D eigenvalue weighted by Crippen LogP contribution is -2.23. The summed E-state index contributed by atoms with van der Waals surface area (Å²) in [6, 6.07) is 6.45. The summed E-state index contributed by atoms with van der Waals surface area (Å²) < 4.78 is 0. The molecule has 0 spiro atoms. The summed E-state index contributed by atoms with van der Waals surface area (Å²) in [5.74, 6) is 0.607. The smallest absolute Gasteiger partial charge is 0.229 e. The van der Waals surface area contributed by atoms with Crippen molar-refractivity contribution in [1.29, 1.82) is 0 Å². The van der Waals surface area contributed by atoms with Crippen molar-refractivity contribution in [1.82, 2.24) is 24.8 Å². The molecule has 3 aromatic heterocycles. The van der Waals surface area contributed by atoms with Crippen LogP contribution in [0.5, 0.6) is 0 Å². The molecule has 0 radical (unpaired) electrons. The number of aromatic nitrogens is 4. The quantitative estimate of drug-likeness (QED) is 0.769. The molecule has 1 saturated heterocycles. The molecule has 1 fully saturated rings. The van der Waals surface area contributed by atoms with Crippen LogP contribution in [0.2, 0.25) is 0 Å². The third-order valence-electron chi connectivity index (χ3n) is 4.14. The zero-order chi connectivity index (χ0) is 16.2. The van der Waals surface area contributed by atoms with E-state index >= 15 is 0 Å². The van der Waals surface area contributed by atoms with Crippen LogP contribution in [0.4, 0.5) is 11.1 Å². The molecule has 122 valence electrons. The summed E-state index contributed by atoms with van der Waals surface area (Å²) in [6.45, 7) is 1.98. The van der Waals surface area contributed by atoms with Crippen molar-refractivity contribution in [3.8, 4) is 0 Å². The normalized spacial score (nSPS) is 17.9. The molecular formula is C17H18N6S. The highest BCUT2D eigenvalue weighted by Crippen LogP contribution is 2.32. The fraction of sp³-hybridized carbons (Fsp3) is 0.294. The van der Waals surface area contributed by atoms with Gasteiger partial charge in [-0.15, -0.1) is 11.3 Å². The van der Waals surface area contributed by atoms with Crippen molar-refractivity contribution >= 4 is 22.4 Å². The maximum Gasteiger partial charge on any atom is 0.229 e. The molecule has 0 aliphatic carbocycles. The highest BCUT2D eigenvalue weighted by Gasteiger charge is 2.27. The molecule has 6 nitrogen and oxygen atoms in total. The Hall–Kier alpha value is -2.38. The third-order valence-corrected chi connectivity index (χ3v) is 4.83. The molecule has 4 rings (SSSR count). The highest BCUT2D eigenvalue weighted by atomic mass is 32.1. The Labute approximate surface area is 144 Å². The lowest BCUT2D eigenvalue weighted by atomic mass is 10.1. The van der Waals surface area contributed by atoms with Crippen LogP contribution < -0.4 is 5.32 Å². The van der Waals surface area contributed by atoms with E-state index in [1.807, 2.05) is 36.1 Å². The maximum atomic E-state index is 4.71. The first-order valence-electron chi connectivity index (χ1n) is 8.01. The number of hydrogen-bond acceptors (Lipinski definition) is 7. The van der Waals surface area contributed by atoms with E-state index < -0.39 is 0 Å². The van der Waals surface area contributed by atoms with Crippen LogP contribution >= 0.6 is 11.3 Å². The third kappa shape index (κ3) is 3.42. The van der Waals surface area contributed by atoms with Gasteiger partial charge in [-0.1, -0.05) is 6.07 Å². The Morgan fingerprint density at radius 1 is 1.21 bits per heavy atom. The number of likely N-dealkylation sites (tertiary alicyclic amines) is 1. The van der Waals surface area contributed by atoms with E-state index in [-0.39, 0.29) is 0 Å². The molecule has 0 bridgehead atoms. The summed E-state index contributed by atoms with van der Waals surface area (Å²) in [6.07, 6.45) is 9.64. The van der Waals surface area contributed by atoms with Crippen LogP contribution in [-0.2, 0) is 6.54 Å². The van der Waals surface area contributed by atoms with E-state index in [0.717, 1.165) is 30.3 Å². The summed E-state index contributed by atoms with van der Waals surface area (Å²) >= 11 is 1.54. The molecule has 4 heterocycles. The SMILES string of the molecule is c1cncc(CN2CCCC2c2ccnc(Nc3nccs3)n2)c1. The van der Waals surface area contributed by atoms with Crippen molar-refractivity contribution in [3.05, 3.63) is 59.6 Å². The van der Waals surface area contributed by atoms with Crippen LogP contribution in [0.25, 0.3) is 0 Å². The van der Waals surface area contributed by atoms with E-state index in [1.165, 1.54) is 23.3 Å². The standard InChI is InChI=1S/C17H18N6S/c1-3-13(11-18-6-1)12-23-9-2-4-15(23)14-5-7-19-16(21-14)22-17-20-8-10-24-17/h1,3,5-8,10-11,15H,2,4,9,12H2,(H,19,20,21,22). The Balaban J connectivity index is 1.51. The Kier molecular flexibility index (Phi) is 4.44. The summed E-state index contributed by atoms with van der Waals surface area (Å²) in [5, 5.41) is 5.91. The number of hydrogen-bond donors (Lipinski definition) is 1. The van der Waals surface area contributed by atoms with Crippen molar-refractivity contribution in [2.24, 2.45) is 0 Å². The molecular weight excluding hydrogens is 320 g/mol. The fourth-order valence-corrected chi connectivity index (χ4v) is 3.60. The second kappa shape index (κ2) is 7.02. The van der Waals surface area contributed by atoms with Gasteiger partial charge < -0.3 is 5.32 Å². The topological polar surface area (TPSA) is 66.8 Å². The first kappa shape index (κ1) is 15.2. The van der Waals surface area contributed by atoms with Gasteiger partial charge in [-0.25, -0.2) is 15.0 Å². The lowest BCUT2D eigenvalue weighted by Gasteiger charge is -2.24. The van der Waals surface area contributed by atoms with Crippen molar-refractivity contribution in [2.45, 2.75) is 25.4 Å². The zero-order valence-corrected chi connectivity index (χ0v) is 14.0. The number of pyridine rings is 1. The number of anilines is 2. The van der Waals surface area contributed by atoms with Gasteiger partial charge in [-0.3, -0.25) is 9.88 Å². The summed E-state index contributed by atoms with van der Waals surface area (Å²) in [5.41, 5.74) is 2.30. The van der Waals surface area contributed by atoms with Gasteiger partial charge in [0.05, 0.1) is 11.7 Å². The minimum atomic E-state index is 0.324. The van der Waals surface area contributed by atoms with Crippen LogP contribution in [0, 0.1) is 0 Å². The van der Waals surface area contributed by atoms with Crippen LogP contribution in [0.15, 0.2) is 48.4 Å². The zero-order valence-electron chi connectivity index (χ0n) is 13.2. The van der Waals surface area contributed by atoms with Gasteiger partial charge in [0.25, 0.3) is 0 Å². The molecule has 1 aliphatic rings. The van der Waals surface area contributed by atoms with E-state index in [1.54, 1.807) is 6.20 Å². The molecule has 24 heavy (non-hydrogen) atoms. The molecule has 0 aromatic carbocycles. The minimum Gasteiger partial charge on any atom is -0.300 e. The second-order valence-corrected chi connectivity index (χ2v) is 6.65. The first-order valence-corrected chi connectivity index (χ1v) is 8.89. The monoisotopic (exact) mass is 338 g/mol. The number of rotatable bonds is 5. The Morgan fingerprint density at radius 3 is 3.04 bits per heavy atom. The van der Waals surface area contributed by atoms with Gasteiger partial charge >= 0.3 is 0 Å². The van der Waals surface area contributed by atoms with Gasteiger partial charge in [0, 0.05) is 36.7 Å². The molecule has 3 aromatic rings. The molecule has 1 unspecified atom stereocenters. The van der Waals surface area contributed by atoms with Gasteiger partial charge in [0.15, 0.2) is 5.13 Å². The second-order valence-electron chi connectivity index (χ2n) is 5.76. The van der Waals surface area contributed by atoms with E-state index in [0.29, 0.717) is 12.0 Å². The summed E-state index contributed by atoms with van der Waals surface area (Å²) in [4.78, 5) is 19.9. The molecule has 7 heteroatoms. The molecule has 1 aliphatic heterocycles. The molecule has 1 atom stereocenters. The van der Waals surface area contributed by atoms with Crippen LogP contribution in [0.3, 0.4) is 0 Å². The number of nitrogens with zero attached hydrogens (tertiary/aromatic N) is 5. The van der Waals surface area contributed by atoms with Gasteiger partial charge in [0.1, 0.15) is 0 Å². The van der Waals surface area contributed by atoms with Crippen molar-refractivity contribution < 1.29 is 0 Å². The molecule has 1 N–H and O–H groups in total. The van der Waals surface area contributed by atoms with Crippen LogP contribution in [-0.4, -0.2) is 31.4 Å². The lowest BCUT2D eigenvalue weighted by molar-refractivity contribution is 0.244. The van der Waals surface area contributed by atoms with Crippen molar-refractivity contribution in [3.63, 3.8) is 0 Å². The average molecular weight is 338 g/mol. The molecule has 0 saturated carbocycles. The number of thiazole rings is 1. The average Bonchev–Trinajstić information content (AvgIpc) is 3.28. The predicted molar refractivity (Wildman–Crippen MR) is 94.1 cm³/mol. The van der Waals surface area contributed by atoms with E-state index in [9.17, 15) is 0 Å². The van der Waals surface area contributed by atoms with Gasteiger partial charge in [-0.2, -0.15) is 0 Å². The van der Waals surface area contributed by atoms with E-state index in [4.69, 9.17) is 4.98 Å². The summed E-state index contributed by atoms with van der Waals surface area (Å²) in [7, 11) is 0. The largest absolute Gasteiger partial charge is 0.300 e. The minimum absolute atomic E-state index is 0.324. The highest BCUT2D eigenvalue weighted by molar-refractivity contribution is 7.13. The van der Waals surface area contributed by atoms with E-state index in [2.05, 4.69) is 31.2 Å². The fourth-order valence-electron chi connectivity index (χ4n) is 3.08. The predicted octanol–water partition coefficient (Wildman–Crippen LogP) is 3.41. The first-order chi connectivity index (χ1) is 11.9. The Bertz CT molecular complexity index is 777. The molecule has 0 amide bonds. The van der Waals surface area contributed by atoms with Gasteiger partial charge in [-0.05, 0) is 37.1 Å². The van der Waals surface area contributed by atoms with Crippen molar-refractivity contribution in [2.75, 3.05) is 11.9 Å². The maximum absolute atomic E-state index is 4.71. The van der Waals surface area contributed by atoms with Crippen LogP contribution in [0.1, 0.15) is 30.1 Å².